The molecule has 0 saturated carbocycles. The lowest BCUT2D eigenvalue weighted by Gasteiger charge is -2.02. The fraction of sp³-hybridized carbons (Fsp3) is 0.750. The number of unbranched alkanes of at least 4 members (excludes halogenated alkanes) is 3. The molecule has 10 heavy (non-hydrogen) atoms. The maximum absolute atomic E-state index is 5.30. The standard InChI is InChI=1S/C8H18N2/c1-3-4-5-6-7-10-8(2)9/h10H,2-7,9H2,1H3. The summed E-state index contributed by atoms with van der Waals surface area (Å²) in [5, 5.41) is 2.99. The molecule has 0 aliphatic carbocycles. The Kier molecular flexibility index (Phi) is 6.03. The second-order valence-electron chi connectivity index (χ2n) is 2.51. The van der Waals surface area contributed by atoms with Crippen LogP contribution < -0.4 is 11.1 Å². The highest BCUT2D eigenvalue weighted by Crippen LogP contribution is 1.96. The van der Waals surface area contributed by atoms with Gasteiger partial charge in [-0.05, 0) is 6.42 Å². The van der Waals surface area contributed by atoms with Crippen LogP contribution in [0.1, 0.15) is 32.6 Å². The van der Waals surface area contributed by atoms with Gasteiger partial charge in [-0.2, -0.15) is 0 Å². The number of hydrogen-bond donors (Lipinski definition) is 2. The van der Waals surface area contributed by atoms with Crippen molar-refractivity contribution >= 4 is 0 Å². The highest BCUT2D eigenvalue weighted by molar-refractivity contribution is 4.81. The Bertz CT molecular complexity index is 89.3. The summed E-state index contributed by atoms with van der Waals surface area (Å²) in [6.07, 6.45) is 5.09. The average molecular weight is 142 g/mol. The van der Waals surface area contributed by atoms with E-state index in [1.807, 2.05) is 0 Å². The Labute approximate surface area is 63.5 Å². The van der Waals surface area contributed by atoms with Crippen molar-refractivity contribution in [3.63, 3.8) is 0 Å². The molecule has 2 heteroatoms. The van der Waals surface area contributed by atoms with Gasteiger partial charge >= 0.3 is 0 Å². The molecule has 0 aliphatic rings. The predicted molar refractivity (Wildman–Crippen MR) is 45.5 cm³/mol. The lowest BCUT2D eigenvalue weighted by atomic mass is 10.2. The van der Waals surface area contributed by atoms with E-state index in [0.29, 0.717) is 5.82 Å². The molecule has 0 fully saturated rings. The number of hydrogen-bond acceptors (Lipinski definition) is 2. The van der Waals surface area contributed by atoms with Crippen molar-refractivity contribution in [2.24, 2.45) is 5.73 Å². The third-order valence-electron chi connectivity index (χ3n) is 1.38. The molecule has 60 valence electrons. The van der Waals surface area contributed by atoms with Crippen molar-refractivity contribution < 1.29 is 0 Å². The smallest absolute Gasteiger partial charge is 0.0885 e. The summed E-state index contributed by atoms with van der Waals surface area (Å²) >= 11 is 0. The van der Waals surface area contributed by atoms with Crippen LogP contribution in [0.2, 0.25) is 0 Å². The summed E-state index contributed by atoms with van der Waals surface area (Å²) in [4.78, 5) is 0. The zero-order chi connectivity index (χ0) is 7.82. The summed E-state index contributed by atoms with van der Waals surface area (Å²) < 4.78 is 0. The van der Waals surface area contributed by atoms with Crippen molar-refractivity contribution in [3.05, 3.63) is 12.4 Å². The van der Waals surface area contributed by atoms with Crippen LogP contribution in [0.15, 0.2) is 12.4 Å². The molecule has 0 aromatic carbocycles. The van der Waals surface area contributed by atoms with Gasteiger partial charge in [0.25, 0.3) is 0 Å². The van der Waals surface area contributed by atoms with E-state index in [1.54, 1.807) is 0 Å². The van der Waals surface area contributed by atoms with E-state index in [2.05, 4.69) is 18.8 Å². The summed E-state index contributed by atoms with van der Waals surface area (Å²) in [6, 6.07) is 0. The average Bonchev–Trinajstić information content (AvgIpc) is 1.87. The van der Waals surface area contributed by atoms with Crippen molar-refractivity contribution in [2.45, 2.75) is 32.6 Å². The van der Waals surface area contributed by atoms with E-state index in [4.69, 9.17) is 5.73 Å². The maximum atomic E-state index is 5.30. The van der Waals surface area contributed by atoms with Gasteiger partial charge in [0.05, 0.1) is 5.82 Å². The van der Waals surface area contributed by atoms with Crippen molar-refractivity contribution in [1.29, 1.82) is 0 Å². The molecule has 0 unspecified atom stereocenters. The minimum absolute atomic E-state index is 0.580. The Morgan fingerprint density at radius 3 is 2.60 bits per heavy atom. The Balaban J connectivity index is 2.84. The van der Waals surface area contributed by atoms with Crippen LogP contribution in [0.25, 0.3) is 0 Å². The third kappa shape index (κ3) is 7.34. The summed E-state index contributed by atoms with van der Waals surface area (Å²) in [7, 11) is 0. The molecule has 0 amide bonds. The molecule has 0 aliphatic heterocycles. The second-order valence-corrected chi connectivity index (χ2v) is 2.51. The van der Waals surface area contributed by atoms with E-state index in [1.165, 1.54) is 25.7 Å². The van der Waals surface area contributed by atoms with Gasteiger partial charge in [0.2, 0.25) is 0 Å². The zero-order valence-electron chi connectivity index (χ0n) is 6.82. The van der Waals surface area contributed by atoms with E-state index >= 15 is 0 Å². The lowest BCUT2D eigenvalue weighted by molar-refractivity contribution is 0.634. The molecule has 0 atom stereocenters. The fourth-order valence-corrected chi connectivity index (χ4v) is 0.801. The van der Waals surface area contributed by atoms with Crippen LogP contribution in [-0.4, -0.2) is 6.54 Å². The maximum Gasteiger partial charge on any atom is 0.0885 e. The van der Waals surface area contributed by atoms with Crippen molar-refractivity contribution in [3.8, 4) is 0 Å². The summed E-state index contributed by atoms with van der Waals surface area (Å²) in [5.74, 6) is 0.580. The first-order valence-corrected chi connectivity index (χ1v) is 3.95. The molecule has 0 rings (SSSR count). The molecule has 3 N–H and O–H groups in total. The SMILES string of the molecule is C=C(N)NCCCCCC. The van der Waals surface area contributed by atoms with E-state index in [9.17, 15) is 0 Å². The lowest BCUT2D eigenvalue weighted by Crippen LogP contribution is -2.19. The third-order valence-corrected chi connectivity index (χ3v) is 1.38. The van der Waals surface area contributed by atoms with Gasteiger partial charge in [-0.3, -0.25) is 0 Å². The molecule has 0 saturated heterocycles. The number of rotatable bonds is 6. The number of nitrogens with one attached hydrogen (secondary N) is 1. The molecular weight excluding hydrogens is 124 g/mol. The van der Waals surface area contributed by atoms with Crippen LogP contribution in [0.5, 0.6) is 0 Å². The largest absolute Gasteiger partial charge is 0.386 e. The predicted octanol–water partition coefficient (Wildman–Crippen LogP) is 1.59. The molecule has 0 heterocycles. The second kappa shape index (κ2) is 6.46. The van der Waals surface area contributed by atoms with Gasteiger partial charge in [0.15, 0.2) is 0 Å². The first kappa shape index (κ1) is 9.34. The molecule has 0 spiro atoms. The molecule has 0 aromatic rings. The highest BCUT2D eigenvalue weighted by Gasteiger charge is 1.86. The van der Waals surface area contributed by atoms with Crippen LogP contribution in [0.4, 0.5) is 0 Å². The van der Waals surface area contributed by atoms with Crippen LogP contribution in [0.3, 0.4) is 0 Å². The van der Waals surface area contributed by atoms with Crippen LogP contribution in [0, 0.1) is 0 Å². The monoisotopic (exact) mass is 142 g/mol. The molecule has 0 bridgehead atoms. The summed E-state index contributed by atoms with van der Waals surface area (Å²) in [6.45, 7) is 6.71. The first-order chi connectivity index (χ1) is 4.77. The van der Waals surface area contributed by atoms with Gasteiger partial charge in [0, 0.05) is 6.54 Å². The molecule has 2 nitrogen and oxygen atoms in total. The van der Waals surface area contributed by atoms with E-state index < -0.39 is 0 Å². The first-order valence-electron chi connectivity index (χ1n) is 3.95. The molecule has 0 radical (unpaired) electrons. The van der Waals surface area contributed by atoms with Gasteiger partial charge in [0.1, 0.15) is 0 Å². The van der Waals surface area contributed by atoms with Crippen LogP contribution >= 0.6 is 0 Å². The van der Waals surface area contributed by atoms with Gasteiger partial charge in [-0.15, -0.1) is 0 Å². The zero-order valence-corrected chi connectivity index (χ0v) is 6.82. The van der Waals surface area contributed by atoms with Crippen molar-refractivity contribution in [2.75, 3.05) is 6.54 Å². The topological polar surface area (TPSA) is 38.0 Å². The Hall–Kier alpha value is -0.660. The van der Waals surface area contributed by atoms with E-state index in [0.717, 1.165) is 6.54 Å². The minimum atomic E-state index is 0.580. The van der Waals surface area contributed by atoms with Gasteiger partial charge in [-0.1, -0.05) is 32.8 Å². The van der Waals surface area contributed by atoms with Crippen molar-refractivity contribution in [1.82, 2.24) is 5.32 Å². The Morgan fingerprint density at radius 2 is 2.10 bits per heavy atom. The van der Waals surface area contributed by atoms with Gasteiger partial charge < -0.3 is 11.1 Å². The van der Waals surface area contributed by atoms with E-state index in [-0.39, 0.29) is 0 Å². The number of nitrogens with two attached hydrogens (primary N) is 1. The minimum Gasteiger partial charge on any atom is -0.386 e. The normalized spacial score (nSPS) is 9.30. The molecule has 0 aromatic heterocycles. The van der Waals surface area contributed by atoms with Crippen LogP contribution in [-0.2, 0) is 0 Å². The Morgan fingerprint density at radius 1 is 1.40 bits per heavy atom. The highest BCUT2D eigenvalue weighted by atomic mass is 15.0. The molecular formula is C8H18N2. The summed E-state index contributed by atoms with van der Waals surface area (Å²) in [5.41, 5.74) is 5.30. The van der Waals surface area contributed by atoms with Gasteiger partial charge in [-0.25, -0.2) is 0 Å². The fourth-order valence-electron chi connectivity index (χ4n) is 0.801. The quantitative estimate of drug-likeness (QED) is 0.553.